The molecule has 9 heteroatoms. The van der Waals surface area contributed by atoms with Crippen LogP contribution in [0.5, 0.6) is 5.75 Å². The average molecular weight is 392 g/mol. The fraction of sp³-hybridized carbons (Fsp3) is 0.200. The molecule has 2 aliphatic rings. The first kappa shape index (κ1) is 17.4. The van der Waals surface area contributed by atoms with Crippen LogP contribution in [0.15, 0.2) is 54.6 Å². The number of fused-ring (bicyclic) bond motifs is 6. The van der Waals surface area contributed by atoms with Gasteiger partial charge in [-0.1, -0.05) is 30.3 Å². The molecule has 0 unspecified atom stereocenters. The average Bonchev–Trinajstić information content (AvgIpc) is 2.98. The number of anilines is 1. The van der Waals surface area contributed by atoms with Crippen LogP contribution >= 0.6 is 0 Å². The lowest BCUT2D eigenvalue weighted by molar-refractivity contribution is -0.393. The molecule has 29 heavy (non-hydrogen) atoms. The van der Waals surface area contributed by atoms with E-state index in [-0.39, 0.29) is 29.3 Å². The maximum Gasteiger partial charge on any atom is 0.300 e. The van der Waals surface area contributed by atoms with Gasteiger partial charge in [-0.2, -0.15) is 5.01 Å². The lowest BCUT2D eigenvalue weighted by Gasteiger charge is -2.37. The van der Waals surface area contributed by atoms with Crippen LogP contribution in [0.2, 0.25) is 0 Å². The zero-order valence-electron chi connectivity index (χ0n) is 15.1. The summed E-state index contributed by atoms with van der Waals surface area (Å²) >= 11 is 0. The Labute approximate surface area is 164 Å². The van der Waals surface area contributed by atoms with Crippen molar-refractivity contribution in [2.45, 2.75) is 25.1 Å². The highest BCUT2D eigenvalue weighted by atomic mass is 16.6. The molecule has 0 radical (unpaired) electrons. The van der Waals surface area contributed by atoms with Gasteiger partial charge in [0, 0.05) is 18.1 Å². The zero-order chi connectivity index (χ0) is 20.1. The van der Waals surface area contributed by atoms with E-state index in [0.29, 0.717) is 0 Å². The maximum atomic E-state index is 11.5. The molecule has 0 aromatic heterocycles. The van der Waals surface area contributed by atoms with Crippen molar-refractivity contribution in [2.24, 2.45) is 0 Å². The third kappa shape index (κ3) is 2.74. The number of nitrogens with one attached hydrogen (secondary N) is 1. The van der Waals surface area contributed by atoms with E-state index in [1.54, 1.807) is 0 Å². The van der Waals surface area contributed by atoms with E-state index in [9.17, 15) is 20.2 Å². The van der Waals surface area contributed by atoms with Gasteiger partial charge in [0.2, 0.25) is 0 Å². The summed E-state index contributed by atoms with van der Waals surface area (Å²) in [5.74, 6) is 0.826. The summed E-state index contributed by atoms with van der Waals surface area (Å²) in [5.41, 5.74) is 3.69. The number of rotatable bonds is 4. The summed E-state index contributed by atoms with van der Waals surface area (Å²) in [6.07, 6.45) is 1.32. The van der Waals surface area contributed by atoms with Crippen LogP contribution in [0.4, 0.5) is 17.1 Å². The highest BCUT2D eigenvalue weighted by Gasteiger charge is 2.43. The number of nitro benzene ring substituents is 2. The van der Waals surface area contributed by atoms with Crippen molar-refractivity contribution in [3.05, 3.63) is 80.4 Å². The van der Waals surface area contributed by atoms with E-state index in [1.165, 1.54) is 12.1 Å². The summed E-state index contributed by atoms with van der Waals surface area (Å²) in [7, 11) is 0. The van der Waals surface area contributed by atoms with Crippen LogP contribution < -0.4 is 10.2 Å². The Bertz CT molecular complexity index is 1160. The van der Waals surface area contributed by atoms with Crippen molar-refractivity contribution >= 4 is 27.8 Å². The highest BCUT2D eigenvalue weighted by Crippen LogP contribution is 2.48. The second-order valence-electron chi connectivity index (χ2n) is 7.10. The van der Waals surface area contributed by atoms with Gasteiger partial charge in [-0.3, -0.25) is 20.2 Å². The normalized spacial score (nSPS) is 20.1. The van der Waals surface area contributed by atoms with E-state index in [4.69, 9.17) is 4.74 Å². The third-order valence-corrected chi connectivity index (χ3v) is 5.50. The molecule has 2 atom stereocenters. The Balaban J connectivity index is 1.55. The van der Waals surface area contributed by atoms with Crippen molar-refractivity contribution in [3.63, 3.8) is 0 Å². The van der Waals surface area contributed by atoms with Crippen LogP contribution in [0.25, 0.3) is 10.8 Å². The van der Waals surface area contributed by atoms with Crippen LogP contribution in [-0.2, 0) is 0 Å². The predicted octanol–water partition coefficient (Wildman–Crippen LogP) is 4.54. The van der Waals surface area contributed by atoms with E-state index >= 15 is 0 Å². The van der Waals surface area contributed by atoms with Gasteiger partial charge in [0.15, 0.2) is 6.23 Å². The Hall–Kier alpha value is -3.72. The van der Waals surface area contributed by atoms with Gasteiger partial charge in [0.05, 0.1) is 22.0 Å². The van der Waals surface area contributed by atoms with Crippen molar-refractivity contribution in [1.29, 1.82) is 0 Å². The van der Waals surface area contributed by atoms with Gasteiger partial charge in [-0.25, -0.2) is 0 Å². The lowest BCUT2D eigenvalue weighted by Crippen LogP contribution is -2.43. The van der Waals surface area contributed by atoms with Crippen LogP contribution in [-0.4, -0.2) is 21.1 Å². The summed E-state index contributed by atoms with van der Waals surface area (Å²) < 4.78 is 6.16. The Kier molecular flexibility index (Phi) is 3.85. The van der Waals surface area contributed by atoms with Crippen molar-refractivity contribution in [2.75, 3.05) is 5.43 Å². The van der Waals surface area contributed by atoms with Crippen molar-refractivity contribution in [1.82, 2.24) is 5.01 Å². The molecule has 2 heterocycles. The minimum Gasteiger partial charge on any atom is -0.473 e. The topological polar surface area (TPSA) is 111 Å². The SMILES string of the molecule is O=[N+]([O-])c1ccc(NN2[C@@H]3CC[C@H]2c2c(ccc4ccccc24)O3)c([N+](=O)[O-])c1. The quantitative estimate of drug-likeness (QED) is 0.512. The molecule has 146 valence electrons. The summed E-state index contributed by atoms with van der Waals surface area (Å²) in [6, 6.07) is 15.6. The number of hydrogen-bond donors (Lipinski definition) is 1. The van der Waals surface area contributed by atoms with Crippen molar-refractivity contribution < 1.29 is 14.6 Å². The fourth-order valence-corrected chi connectivity index (χ4v) is 4.22. The monoisotopic (exact) mass is 392 g/mol. The highest BCUT2D eigenvalue weighted by molar-refractivity contribution is 5.88. The maximum absolute atomic E-state index is 11.5. The van der Waals surface area contributed by atoms with Gasteiger partial charge >= 0.3 is 5.69 Å². The van der Waals surface area contributed by atoms with Crippen LogP contribution in [0, 0.1) is 20.2 Å². The molecule has 0 saturated carbocycles. The molecular formula is C20H16N4O5. The van der Waals surface area contributed by atoms with Gasteiger partial charge < -0.3 is 10.2 Å². The van der Waals surface area contributed by atoms with Gasteiger partial charge in [-0.05, 0) is 29.3 Å². The molecule has 1 N–H and O–H groups in total. The number of non-ortho nitro benzene ring substituents is 1. The molecule has 5 rings (SSSR count). The Morgan fingerprint density at radius 3 is 2.62 bits per heavy atom. The molecule has 1 fully saturated rings. The third-order valence-electron chi connectivity index (χ3n) is 5.50. The number of ether oxygens (including phenoxy) is 1. The molecule has 2 aliphatic heterocycles. The first-order chi connectivity index (χ1) is 14.0. The second kappa shape index (κ2) is 6.42. The fourth-order valence-electron chi connectivity index (χ4n) is 4.22. The lowest BCUT2D eigenvalue weighted by atomic mass is 9.96. The predicted molar refractivity (Wildman–Crippen MR) is 106 cm³/mol. The zero-order valence-corrected chi connectivity index (χ0v) is 15.1. The largest absolute Gasteiger partial charge is 0.473 e. The minimum atomic E-state index is -0.646. The van der Waals surface area contributed by atoms with Gasteiger partial charge in [0.1, 0.15) is 11.4 Å². The number of benzene rings is 3. The molecule has 3 aromatic rings. The van der Waals surface area contributed by atoms with Crippen LogP contribution in [0.3, 0.4) is 0 Å². The first-order valence-electron chi connectivity index (χ1n) is 9.19. The van der Waals surface area contributed by atoms with Gasteiger partial charge in [-0.15, -0.1) is 0 Å². The molecule has 0 aliphatic carbocycles. The van der Waals surface area contributed by atoms with Crippen molar-refractivity contribution in [3.8, 4) is 5.75 Å². The smallest absolute Gasteiger partial charge is 0.300 e. The summed E-state index contributed by atoms with van der Waals surface area (Å²) in [4.78, 5) is 21.2. The molecule has 0 spiro atoms. The van der Waals surface area contributed by atoms with E-state index in [1.807, 2.05) is 41.4 Å². The number of hydrazine groups is 1. The Morgan fingerprint density at radius 1 is 1.00 bits per heavy atom. The first-order valence-corrected chi connectivity index (χ1v) is 9.19. The molecule has 9 nitrogen and oxygen atoms in total. The summed E-state index contributed by atoms with van der Waals surface area (Å²) in [5, 5.41) is 26.5. The molecule has 1 saturated heterocycles. The van der Waals surface area contributed by atoms with E-state index in [0.717, 1.165) is 41.0 Å². The minimum absolute atomic E-state index is 0.0235. The van der Waals surface area contributed by atoms with Crippen LogP contribution in [0.1, 0.15) is 24.4 Å². The Morgan fingerprint density at radius 2 is 1.83 bits per heavy atom. The van der Waals surface area contributed by atoms with E-state index < -0.39 is 9.85 Å². The standard InChI is InChI=1S/C20H16N4O5/c25-23(26)13-6-7-15(17(11-13)24(27)28)21-22-16-8-10-19(22)29-18-9-5-12-3-1-2-4-14(12)20(16)18/h1-7,9,11,16,19,21H,8,10H2/t16-,19-/m0/s1. The number of nitro groups is 2. The van der Waals surface area contributed by atoms with E-state index in [2.05, 4.69) is 5.43 Å². The number of hydrogen-bond acceptors (Lipinski definition) is 7. The van der Waals surface area contributed by atoms with Gasteiger partial charge in [0.25, 0.3) is 5.69 Å². The molecule has 0 amide bonds. The second-order valence-corrected chi connectivity index (χ2v) is 7.10. The summed E-state index contributed by atoms with van der Waals surface area (Å²) in [6.45, 7) is 0. The number of nitrogens with zero attached hydrogens (tertiary/aromatic N) is 3. The molecular weight excluding hydrogens is 376 g/mol. The molecule has 2 bridgehead atoms. The molecule has 3 aromatic carbocycles.